The molecule has 0 fully saturated rings. The summed E-state index contributed by atoms with van der Waals surface area (Å²) in [6.07, 6.45) is 0. The number of benzene rings is 1. The summed E-state index contributed by atoms with van der Waals surface area (Å²) in [5.74, 6) is 0. The van der Waals surface area contributed by atoms with Gasteiger partial charge in [0.25, 0.3) is 5.69 Å². The molecule has 0 heterocycles. The van der Waals surface area contributed by atoms with Gasteiger partial charge in [-0.15, -0.1) is 0 Å². The van der Waals surface area contributed by atoms with Crippen molar-refractivity contribution in [3.63, 3.8) is 0 Å². The molecule has 20 heavy (non-hydrogen) atoms. The van der Waals surface area contributed by atoms with Gasteiger partial charge in [-0.1, -0.05) is 18.2 Å². The van der Waals surface area contributed by atoms with Crippen molar-refractivity contribution >= 4 is 13.4 Å². The fraction of sp³-hybridized carbons (Fsp3) is 0.500. The van der Waals surface area contributed by atoms with Gasteiger partial charge in [-0.25, -0.2) is 0 Å². The number of hydrogen-bond acceptors (Lipinski definition) is 6. The van der Waals surface area contributed by atoms with Gasteiger partial charge in [0.05, 0.1) is 16.1 Å². The Morgan fingerprint density at radius 2 is 1.30 bits per heavy atom. The third kappa shape index (κ3) is 10.4. The molecule has 1 rings (SSSR count). The zero-order valence-electron chi connectivity index (χ0n) is 12.1. The second-order valence-corrected chi connectivity index (χ2v) is 4.85. The van der Waals surface area contributed by atoms with Gasteiger partial charge < -0.3 is 20.3 Å². The Labute approximate surface area is 119 Å². The average Bonchev–Trinajstić information content (AvgIpc) is 2.29. The van der Waals surface area contributed by atoms with Gasteiger partial charge in [0.15, 0.2) is 0 Å². The summed E-state index contributed by atoms with van der Waals surface area (Å²) in [5.41, 5.74) is -1.88. The third-order valence-corrected chi connectivity index (χ3v) is 2.46. The molecule has 114 valence electrons. The highest BCUT2D eigenvalue weighted by Gasteiger charge is 2.31. The number of rotatable bonds is 2. The molecule has 0 spiro atoms. The van der Waals surface area contributed by atoms with Gasteiger partial charge in [-0.05, 0) is 27.7 Å². The van der Waals surface area contributed by atoms with Crippen molar-refractivity contribution in [1.29, 1.82) is 0 Å². The molecule has 0 saturated carbocycles. The maximum absolute atomic E-state index is 10.0. The van der Waals surface area contributed by atoms with E-state index in [-0.39, 0.29) is 5.69 Å². The van der Waals surface area contributed by atoms with Crippen molar-refractivity contribution in [3.8, 4) is 0 Å². The highest BCUT2D eigenvalue weighted by molar-refractivity contribution is 6.13. The first-order valence-corrected chi connectivity index (χ1v) is 5.83. The van der Waals surface area contributed by atoms with Gasteiger partial charge in [0, 0.05) is 12.1 Å². The zero-order valence-corrected chi connectivity index (χ0v) is 12.1. The van der Waals surface area contributed by atoms with Crippen LogP contribution in [0.25, 0.3) is 0 Å². The molecule has 1 aromatic carbocycles. The predicted molar refractivity (Wildman–Crippen MR) is 77.3 cm³/mol. The van der Waals surface area contributed by atoms with E-state index < -0.39 is 23.8 Å². The summed E-state index contributed by atoms with van der Waals surface area (Å²) in [7, 11) is -0.750. The van der Waals surface area contributed by atoms with Gasteiger partial charge in [-0.2, -0.15) is 0 Å². The molecular formula is C12H22BNO6. The molecule has 0 aliphatic heterocycles. The average molecular weight is 287 g/mol. The molecule has 4 N–H and O–H groups in total. The molecule has 0 saturated heterocycles. The van der Waals surface area contributed by atoms with Crippen LogP contribution >= 0.6 is 0 Å². The van der Waals surface area contributed by atoms with Crippen LogP contribution in [0, 0.1) is 10.1 Å². The van der Waals surface area contributed by atoms with Crippen LogP contribution in [0.3, 0.4) is 0 Å². The van der Waals surface area contributed by atoms with Crippen molar-refractivity contribution < 1.29 is 25.2 Å². The Balaban J connectivity index is 0. The Bertz CT molecular complexity index is 360. The largest absolute Gasteiger partial charge is 0.432 e. The lowest BCUT2D eigenvalue weighted by Gasteiger charge is -2.31. The normalized spacial score (nSPS) is 10.4. The van der Waals surface area contributed by atoms with Crippen LogP contribution in [0.1, 0.15) is 27.7 Å². The molecule has 1 aromatic rings. The quantitative estimate of drug-likeness (QED) is 0.354. The topological polar surface area (TPSA) is 124 Å². The number of nitrogens with zero attached hydrogens (tertiary/aromatic N) is 1. The van der Waals surface area contributed by atoms with Crippen molar-refractivity contribution in [2.75, 3.05) is 0 Å². The summed E-state index contributed by atoms with van der Waals surface area (Å²) in [6.45, 7) is 6.31. The summed E-state index contributed by atoms with van der Waals surface area (Å²) >= 11 is 0. The zero-order chi connectivity index (χ0) is 16.4. The Morgan fingerprint density at radius 1 is 1.00 bits per heavy atom. The third-order valence-electron chi connectivity index (χ3n) is 2.46. The molecule has 7 nitrogen and oxygen atoms in total. The molecule has 0 aliphatic rings. The molecule has 0 amide bonds. The first-order chi connectivity index (χ1) is 8.97. The number of non-ortho nitro benzene ring substituents is 1. The van der Waals surface area contributed by atoms with Crippen molar-refractivity contribution in [2.24, 2.45) is 0 Å². The number of aliphatic hydroxyl groups is 2. The van der Waals surface area contributed by atoms with E-state index in [0.29, 0.717) is 0 Å². The molecule has 8 heteroatoms. The van der Waals surface area contributed by atoms with E-state index in [4.69, 9.17) is 20.3 Å². The second-order valence-electron chi connectivity index (χ2n) is 4.85. The molecule has 0 bridgehead atoms. The minimum Gasteiger partial charge on any atom is -0.430 e. The molecule has 0 unspecified atom stereocenters. The summed E-state index contributed by atoms with van der Waals surface area (Å²) in [4.78, 5) is 9.59. The van der Waals surface area contributed by atoms with E-state index in [1.54, 1.807) is 45.9 Å². The van der Waals surface area contributed by atoms with Crippen LogP contribution in [0.5, 0.6) is 0 Å². The minimum atomic E-state index is -1.01. The maximum atomic E-state index is 10.0. The Hall–Kier alpha value is -1.48. The number of nitro benzene ring substituents is 1. The van der Waals surface area contributed by atoms with Crippen LogP contribution in [0.4, 0.5) is 5.69 Å². The monoisotopic (exact) mass is 287 g/mol. The lowest BCUT2D eigenvalue weighted by atomic mass is 9.90. The smallest absolute Gasteiger partial charge is 0.430 e. The van der Waals surface area contributed by atoms with Crippen molar-refractivity contribution in [3.05, 3.63) is 40.4 Å². The van der Waals surface area contributed by atoms with Gasteiger partial charge in [0.1, 0.15) is 0 Å². The first kappa shape index (κ1) is 20.8. The van der Waals surface area contributed by atoms with E-state index in [1.807, 2.05) is 0 Å². The van der Waals surface area contributed by atoms with Crippen molar-refractivity contribution in [1.82, 2.24) is 0 Å². The van der Waals surface area contributed by atoms with E-state index in [2.05, 4.69) is 0 Å². The summed E-state index contributed by atoms with van der Waals surface area (Å²) in [6, 6.07) is 7.93. The molecule has 0 atom stereocenters. The lowest BCUT2D eigenvalue weighted by Crippen LogP contribution is -2.44. The SMILES string of the molecule is CC(C)(O)C(C)(C)O.O=[N+]([O-])c1ccccc1.OBO. The summed E-state index contributed by atoms with van der Waals surface area (Å²) < 4.78 is 0. The van der Waals surface area contributed by atoms with Crippen LogP contribution in [-0.4, -0.2) is 44.1 Å². The minimum absolute atomic E-state index is 0.137. The van der Waals surface area contributed by atoms with Gasteiger partial charge in [0.2, 0.25) is 0 Å². The van der Waals surface area contributed by atoms with E-state index in [1.165, 1.54) is 12.1 Å². The van der Waals surface area contributed by atoms with E-state index in [0.717, 1.165) is 0 Å². The molecule has 0 aromatic heterocycles. The lowest BCUT2D eigenvalue weighted by molar-refractivity contribution is -0.384. The number of para-hydroxylation sites is 1. The van der Waals surface area contributed by atoms with Crippen LogP contribution in [0.2, 0.25) is 0 Å². The fourth-order valence-corrected chi connectivity index (χ4v) is 0.550. The Morgan fingerprint density at radius 3 is 1.45 bits per heavy atom. The number of nitro groups is 1. The highest BCUT2D eigenvalue weighted by atomic mass is 16.6. The molecular weight excluding hydrogens is 265 g/mol. The molecule has 0 radical (unpaired) electrons. The second kappa shape index (κ2) is 9.43. The first-order valence-electron chi connectivity index (χ1n) is 5.83. The number of hydrogen-bond donors (Lipinski definition) is 4. The maximum Gasteiger partial charge on any atom is 0.432 e. The highest BCUT2D eigenvalue weighted by Crippen LogP contribution is 2.19. The standard InChI is InChI=1S/C6H5NO2.C6H14O2.BH3O2/c8-7(9)6-4-2-1-3-5-6;1-5(2,7)6(3,4)8;2-1-3/h1-5H;7-8H,1-4H3;1-3H. The summed E-state index contributed by atoms with van der Waals surface area (Å²) in [5, 5.41) is 42.5. The van der Waals surface area contributed by atoms with Crippen LogP contribution < -0.4 is 0 Å². The van der Waals surface area contributed by atoms with Crippen LogP contribution in [0.15, 0.2) is 30.3 Å². The van der Waals surface area contributed by atoms with Crippen molar-refractivity contribution in [2.45, 2.75) is 38.9 Å². The molecule has 0 aliphatic carbocycles. The van der Waals surface area contributed by atoms with E-state index in [9.17, 15) is 10.1 Å². The van der Waals surface area contributed by atoms with Crippen LogP contribution in [-0.2, 0) is 0 Å². The fourth-order valence-electron chi connectivity index (χ4n) is 0.550. The van der Waals surface area contributed by atoms with E-state index >= 15 is 0 Å². The predicted octanol–water partition coefficient (Wildman–Crippen LogP) is 0.360. The van der Waals surface area contributed by atoms with Gasteiger partial charge in [-0.3, -0.25) is 10.1 Å². The van der Waals surface area contributed by atoms with Gasteiger partial charge >= 0.3 is 7.69 Å². The Kier molecular flexibility index (Phi) is 9.83.